The van der Waals surface area contributed by atoms with Crippen LogP contribution >= 0.6 is 23.2 Å². The van der Waals surface area contributed by atoms with Crippen LogP contribution in [0.3, 0.4) is 0 Å². The Hall–Kier alpha value is -2.15. The zero-order valence-corrected chi connectivity index (χ0v) is 18.0. The summed E-state index contributed by atoms with van der Waals surface area (Å²) in [6, 6.07) is 8.58. The van der Waals surface area contributed by atoms with Crippen molar-refractivity contribution in [2.45, 2.75) is 37.6 Å². The van der Waals surface area contributed by atoms with Crippen LogP contribution in [0.15, 0.2) is 30.3 Å². The van der Waals surface area contributed by atoms with E-state index >= 15 is 0 Å². The van der Waals surface area contributed by atoms with Crippen LogP contribution in [0.4, 0.5) is 5.69 Å². The number of halogens is 2. The molecule has 2 aromatic carbocycles. The van der Waals surface area contributed by atoms with Gasteiger partial charge in [-0.15, -0.1) is 0 Å². The van der Waals surface area contributed by atoms with Crippen molar-refractivity contribution in [3.05, 3.63) is 51.5 Å². The largest absolute Gasteiger partial charge is 0.507 e. The maximum absolute atomic E-state index is 12.4. The molecule has 6 nitrogen and oxygen atoms in total. The van der Waals surface area contributed by atoms with Gasteiger partial charge in [-0.05, 0) is 37.7 Å². The molecular formula is C22H22Cl2N2O4. The predicted octanol–water partition coefficient (Wildman–Crippen LogP) is 4.45. The Balaban J connectivity index is 1.43. The topological polar surface area (TPSA) is 62.2 Å². The molecule has 1 aliphatic carbocycles. The average molecular weight is 449 g/mol. The van der Waals surface area contributed by atoms with Gasteiger partial charge in [0.15, 0.2) is 5.72 Å². The molecule has 2 aliphatic heterocycles. The fourth-order valence-corrected chi connectivity index (χ4v) is 4.95. The molecule has 5 rings (SSSR count). The van der Waals surface area contributed by atoms with E-state index in [-0.39, 0.29) is 17.4 Å². The molecule has 2 fully saturated rings. The van der Waals surface area contributed by atoms with Crippen LogP contribution in [-0.4, -0.2) is 47.9 Å². The first-order valence-electron chi connectivity index (χ1n) is 10.0. The summed E-state index contributed by atoms with van der Waals surface area (Å²) in [6.45, 7) is 1.97. The Morgan fingerprint density at radius 2 is 2.00 bits per heavy atom. The summed E-state index contributed by atoms with van der Waals surface area (Å²) in [5, 5.41) is 11.6. The number of phenolic OH excluding ortho intramolecular Hbond substituents is 1. The number of anilines is 1. The van der Waals surface area contributed by atoms with Gasteiger partial charge in [-0.1, -0.05) is 23.2 Å². The van der Waals surface area contributed by atoms with Gasteiger partial charge in [0.25, 0.3) is 0 Å². The van der Waals surface area contributed by atoms with Crippen LogP contribution in [0.1, 0.15) is 35.2 Å². The zero-order chi connectivity index (χ0) is 21.0. The van der Waals surface area contributed by atoms with Crippen LogP contribution in [-0.2, 0) is 11.3 Å². The first kappa shape index (κ1) is 19.8. The number of carbonyl (C=O) groups excluding carboxylic acids is 1. The van der Waals surface area contributed by atoms with E-state index in [1.807, 2.05) is 19.2 Å². The number of rotatable bonds is 3. The number of likely N-dealkylation sites (N-methyl/N-ethyl adjacent to an activating group) is 1. The monoisotopic (exact) mass is 448 g/mol. The second-order valence-corrected chi connectivity index (χ2v) is 9.16. The van der Waals surface area contributed by atoms with Gasteiger partial charge in [-0.25, -0.2) is 4.79 Å². The molecule has 8 heteroatoms. The molecule has 2 aromatic rings. The van der Waals surface area contributed by atoms with E-state index in [2.05, 4.69) is 9.80 Å². The number of likely N-dealkylation sites (tertiary alicyclic amines) is 1. The third-order valence-electron chi connectivity index (χ3n) is 6.15. The fourth-order valence-electron chi connectivity index (χ4n) is 4.37. The fraction of sp³-hybridized carbons (Fsp3) is 0.409. The van der Waals surface area contributed by atoms with Crippen molar-refractivity contribution in [1.82, 2.24) is 4.90 Å². The molecule has 3 aliphatic rings. The van der Waals surface area contributed by atoms with E-state index in [0.717, 1.165) is 30.5 Å². The summed E-state index contributed by atoms with van der Waals surface area (Å²) in [7, 11) is 1.96. The lowest BCUT2D eigenvalue weighted by molar-refractivity contribution is -0.0219. The molecule has 30 heavy (non-hydrogen) atoms. The molecule has 0 bridgehead atoms. The SMILES string of the molecule is CN1CC(OC(=O)c2ccc(N3Cc4cc(Cl)cc(Cl)c4OC34CCC4)cc2O)C1. The molecule has 0 unspecified atom stereocenters. The van der Waals surface area contributed by atoms with Gasteiger partial charge in [0.05, 0.1) is 11.6 Å². The molecule has 1 spiro atoms. The number of aromatic hydroxyl groups is 1. The number of carbonyl (C=O) groups is 1. The standard InChI is InChI=1S/C22H22Cl2N2O4/c1-25-11-16(12-25)29-21(28)17-4-3-15(9-19(17)27)26-10-13-7-14(23)8-18(24)20(13)30-22(26)5-2-6-22/h3-4,7-9,16,27H,2,5-6,10-12H2,1H3. The van der Waals surface area contributed by atoms with Crippen LogP contribution in [0.5, 0.6) is 11.5 Å². The molecule has 0 aromatic heterocycles. The second kappa shape index (κ2) is 7.22. The summed E-state index contributed by atoms with van der Waals surface area (Å²) in [5.74, 6) is 0.0655. The van der Waals surface area contributed by atoms with Gasteiger partial charge in [0.2, 0.25) is 0 Å². The molecule has 1 saturated heterocycles. The second-order valence-electron chi connectivity index (χ2n) is 8.31. The predicted molar refractivity (Wildman–Crippen MR) is 115 cm³/mol. The van der Waals surface area contributed by atoms with Gasteiger partial charge in [-0.3, -0.25) is 4.90 Å². The Labute approximate surface area is 184 Å². The van der Waals surface area contributed by atoms with Crippen molar-refractivity contribution < 1.29 is 19.4 Å². The maximum atomic E-state index is 12.4. The van der Waals surface area contributed by atoms with Crippen molar-refractivity contribution >= 4 is 34.9 Å². The molecular weight excluding hydrogens is 427 g/mol. The minimum Gasteiger partial charge on any atom is -0.507 e. The summed E-state index contributed by atoms with van der Waals surface area (Å²) in [5.41, 5.74) is 1.33. The Morgan fingerprint density at radius 1 is 1.23 bits per heavy atom. The van der Waals surface area contributed by atoms with E-state index in [1.54, 1.807) is 18.2 Å². The third-order valence-corrected chi connectivity index (χ3v) is 6.65. The van der Waals surface area contributed by atoms with Gasteiger partial charge >= 0.3 is 5.97 Å². The van der Waals surface area contributed by atoms with E-state index in [1.165, 1.54) is 0 Å². The molecule has 158 valence electrons. The highest BCUT2D eigenvalue weighted by molar-refractivity contribution is 6.35. The van der Waals surface area contributed by atoms with Crippen LogP contribution in [0.2, 0.25) is 10.0 Å². The molecule has 0 radical (unpaired) electrons. The van der Waals surface area contributed by atoms with Crippen LogP contribution in [0.25, 0.3) is 0 Å². The van der Waals surface area contributed by atoms with Crippen molar-refractivity contribution in [3.8, 4) is 11.5 Å². The Bertz CT molecular complexity index is 1020. The summed E-state index contributed by atoms with van der Waals surface area (Å²) in [6.07, 6.45) is 2.63. The van der Waals surface area contributed by atoms with E-state index in [4.69, 9.17) is 32.7 Å². The van der Waals surface area contributed by atoms with Gasteiger partial charge < -0.3 is 19.5 Å². The number of hydrogen-bond acceptors (Lipinski definition) is 6. The lowest BCUT2D eigenvalue weighted by atomic mass is 9.84. The minimum atomic E-state index is -0.505. The summed E-state index contributed by atoms with van der Waals surface area (Å²) >= 11 is 12.6. The lowest BCUT2D eigenvalue weighted by Gasteiger charge is -2.53. The van der Waals surface area contributed by atoms with Crippen molar-refractivity contribution in [2.75, 3.05) is 25.0 Å². The highest BCUT2D eigenvalue weighted by Gasteiger charge is 2.49. The zero-order valence-electron chi connectivity index (χ0n) is 16.5. The number of nitrogens with zero attached hydrogens (tertiary/aromatic N) is 2. The van der Waals surface area contributed by atoms with Crippen molar-refractivity contribution in [1.29, 1.82) is 0 Å². The minimum absolute atomic E-state index is 0.102. The summed E-state index contributed by atoms with van der Waals surface area (Å²) < 4.78 is 11.8. The van der Waals surface area contributed by atoms with Gasteiger partial charge in [0, 0.05) is 48.3 Å². The van der Waals surface area contributed by atoms with Gasteiger partial charge in [0.1, 0.15) is 23.2 Å². The quantitative estimate of drug-likeness (QED) is 0.699. The van der Waals surface area contributed by atoms with E-state index in [9.17, 15) is 9.90 Å². The van der Waals surface area contributed by atoms with E-state index < -0.39 is 11.7 Å². The Kier molecular flexibility index (Phi) is 4.76. The first-order valence-corrected chi connectivity index (χ1v) is 10.8. The molecule has 0 amide bonds. The first-order chi connectivity index (χ1) is 14.3. The number of phenols is 1. The molecule has 0 atom stereocenters. The number of ether oxygens (including phenoxy) is 2. The number of esters is 1. The van der Waals surface area contributed by atoms with Crippen LogP contribution in [0, 0.1) is 0 Å². The molecule has 1 N–H and O–H groups in total. The smallest absolute Gasteiger partial charge is 0.342 e. The lowest BCUT2D eigenvalue weighted by Crippen LogP contribution is -2.60. The highest BCUT2D eigenvalue weighted by Crippen LogP contribution is 2.50. The molecule has 2 heterocycles. The number of benzene rings is 2. The van der Waals surface area contributed by atoms with E-state index in [0.29, 0.717) is 35.4 Å². The van der Waals surface area contributed by atoms with Gasteiger partial charge in [-0.2, -0.15) is 0 Å². The number of fused-ring (bicyclic) bond motifs is 1. The third kappa shape index (κ3) is 3.27. The highest BCUT2D eigenvalue weighted by atomic mass is 35.5. The Morgan fingerprint density at radius 3 is 2.63 bits per heavy atom. The van der Waals surface area contributed by atoms with Crippen molar-refractivity contribution in [2.24, 2.45) is 0 Å². The number of hydrogen-bond donors (Lipinski definition) is 1. The van der Waals surface area contributed by atoms with Crippen LogP contribution < -0.4 is 9.64 Å². The average Bonchev–Trinajstić information content (AvgIpc) is 2.64. The van der Waals surface area contributed by atoms with Crippen molar-refractivity contribution in [3.63, 3.8) is 0 Å². The summed E-state index contributed by atoms with van der Waals surface area (Å²) in [4.78, 5) is 16.6. The normalized spacial score (nSPS) is 20.2. The molecule has 1 saturated carbocycles. The maximum Gasteiger partial charge on any atom is 0.342 e.